The molecule has 0 saturated heterocycles. The molecule has 1 amide bonds. The lowest BCUT2D eigenvalue weighted by Crippen LogP contribution is -2.10. The van der Waals surface area contributed by atoms with Gasteiger partial charge in [-0.25, -0.2) is 0 Å². The zero-order chi connectivity index (χ0) is 17.1. The monoisotopic (exact) mass is 342 g/mol. The number of amides is 1. The summed E-state index contributed by atoms with van der Waals surface area (Å²) in [5.74, 6) is 0.137. The maximum Gasteiger partial charge on any atom is 0.291 e. The molecular weight excluding hydrogens is 332 g/mol. The number of hydrogen-bond acceptors (Lipinski definition) is 4. The van der Waals surface area contributed by atoms with Crippen molar-refractivity contribution >= 4 is 28.9 Å². The molecule has 0 radical (unpaired) electrons. The predicted octanol–water partition coefficient (Wildman–Crippen LogP) is 4.76. The fourth-order valence-electron chi connectivity index (χ4n) is 2.12. The number of anilines is 1. The first-order valence-electron chi connectivity index (χ1n) is 6.94. The van der Waals surface area contributed by atoms with Crippen LogP contribution in [0, 0.1) is 10.1 Å². The summed E-state index contributed by atoms with van der Waals surface area (Å²) >= 11 is 5.84. The summed E-state index contributed by atoms with van der Waals surface area (Å²) in [6.07, 6.45) is 0. The van der Waals surface area contributed by atoms with E-state index < -0.39 is 10.8 Å². The lowest BCUT2D eigenvalue weighted by atomic mass is 10.2. The molecule has 0 atom stereocenters. The van der Waals surface area contributed by atoms with Gasteiger partial charge in [-0.05, 0) is 42.5 Å². The number of halogens is 1. The number of furan rings is 1. The van der Waals surface area contributed by atoms with Gasteiger partial charge in [-0.3, -0.25) is 14.9 Å². The van der Waals surface area contributed by atoms with Crippen molar-refractivity contribution in [2.24, 2.45) is 0 Å². The molecule has 2 aromatic carbocycles. The molecular formula is C17H11ClN2O4. The Hall–Kier alpha value is -3.12. The van der Waals surface area contributed by atoms with Gasteiger partial charge in [-0.15, -0.1) is 0 Å². The molecule has 3 rings (SSSR count). The Balaban J connectivity index is 1.77. The van der Waals surface area contributed by atoms with Crippen molar-refractivity contribution in [2.45, 2.75) is 0 Å². The van der Waals surface area contributed by atoms with E-state index in [-0.39, 0.29) is 11.4 Å². The molecule has 3 aromatic rings. The van der Waals surface area contributed by atoms with Crippen LogP contribution in [0.15, 0.2) is 65.1 Å². The lowest BCUT2D eigenvalue weighted by Gasteiger charge is -2.03. The summed E-state index contributed by atoms with van der Waals surface area (Å²) in [6, 6.07) is 15.9. The number of hydrogen-bond donors (Lipinski definition) is 1. The van der Waals surface area contributed by atoms with Crippen LogP contribution in [0.5, 0.6) is 0 Å². The summed E-state index contributed by atoms with van der Waals surface area (Å²) in [4.78, 5) is 22.4. The molecule has 0 unspecified atom stereocenters. The number of non-ortho nitro benzene ring substituents is 1. The first-order valence-corrected chi connectivity index (χ1v) is 7.32. The van der Waals surface area contributed by atoms with Crippen LogP contribution in [0.3, 0.4) is 0 Å². The number of nitro benzene ring substituents is 1. The van der Waals surface area contributed by atoms with E-state index in [9.17, 15) is 14.9 Å². The minimum atomic E-state index is -0.527. The molecule has 0 spiro atoms. The van der Waals surface area contributed by atoms with E-state index in [0.29, 0.717) is 16.5 Å². The highest BCUT2D eigenvalue weighted by molar-refractivity contribution is 6.30. The second-order valence-corrected chi connectivity index (χ2v) is 5.37. The smallest absolute Gasteiger partial charge is 0.291 e. The Kier molecular flexibility index (Phi) is 4.31. The van der Waals surface area contributed by atoms with Crippen LogP contribution in [0.4, 0.5) is 11.4 Å². The third-order valence-corrected chi connectivity index (χ3v) is 3.53. The van der Waals surface area contributed by atoms with E-state index in [2.05, 4.69) is 5.32 Å². The van der Waals surface area contributed by atoms with Crippen LogP contribution in [0.2, 0.25) is 5.02 Å². The largest absolute Gasteiger partial charge is 0.451 e. The van der Waals surface area contributed by atoms with E-state index >= 15 is 0 Å². The molecule has 24 heavy (non-hydrogen) atoms. The van der Waals surface area contributed by atoms with E-state index in [0.717, 1.165) is 5.56 Å². The van der Waals surface area contributed by atoms with Crippen LogP contribution in [0.25, 0.3) is 11.3 Å². The Bertz CT molecular complexity index is 903. The normalized spacial score (nSPS) is 10.4. The zero-order valence-electron chi connectivity index (χ0n) is 12.2. The van der Waals surface area contributed by atoms with Gasteiger partial charge in [0.05, 0.1) is 4.92 Å². The van der Waals surface area contributed by atoms with Crippen molar-refractivity contribution in [3.8, 4) is 11.3 Å². The maximum atomic E-state index is 12.2. The Morgan fingerprint density at radius 3 is 2.54 bits per heavy atom. The lowest BCUT2D eigenvalue weighted by molar-refractivity contribution is -0.384. The molecule has 0 saturated carbocycles. The van der Waals surface area contributed by atoms with Gasteiger partial charge in [-0.1, -0.05) is 17.7 Å². The topological polar surface area (TPSA) is 85.4 Å². The number of nitro groups is 1. The number of rotatable bonds is 4. The van der Waals surface area contributed by atoms with Crippen molar-refractivity contribution in [2.75, 3.05) is 5.32 Å². The van der Waals surface area contributed by atoms with Crippen molar-refractivity contribution in [1.82, 2.24) is 0 Å². The molecule has 0 aliphatic carbocycles. The van der Waals surface area contributed by atoms with Gasteiger partial charge in [0.25, 0.3) is 11.6 Å². The molecule has 0 bridgehead atoms. The minimum absolute atomic E-state index is 0.103. The summed E-state index contributed by atoms with van der Waals surface area (Å²) in [5, 5.41) is 13.9. The average Bonchev–Trinajstić information content (AvgIpc) is 3.06. The van der Waals surface area contributed by atoms with Gasteiger partial charge in [0.2, 0.25) is 0 Å². The highest BCUT2D eigenvalue weighted by Gasteiger charge is 2.14. The quantitative estimate of drug-likeness (QED) is 0.547. The SMILES string of the molecule is O=C(Nc1cccc([N+](=O)[O-])c1)c1ccc(-c2ccc(Cl)cc2)o1. The van der Waals surface area contributed by atoms with Gasteiger partial charge in [0.1, 0.15) is 5.76 Å². The van der Waals surface area contributed by atoms with Gasteiger partial charge < -0.3 is 9.73 Å². The highest BCUT2D eigenvalue weighted by atomic mass is 35.5. The first-order chi connectivity index (χ1) is 11.5. The van der Waals surface area contributed by atoms with Crippen molar-refractivity contribution < 1.29 is 14.1 Å². The van der Waals surface area contributed by atoms with Gasteiger partial charge in [0.15, 0.2) is 5.76 Å². The summed E-state index contributed by atoms with van der Waals surface area (Å²) in [6.45, 7) is 0. The number of carbonyl (C=O) groups excluding carboxylic acids is 1. The van der Waals surface area contributed by atoms with Crippen LogP contribution in [-0.4, -0.2) is 10.8 Å². The van der Waals surface area contributed by atoms with Gasteiger partial charge in [0, 0.05) is 28.4 Å². The summed E-state index contributed by atoms with van der Waals surface area (Å²) in [7, 11) is 0. The number of benzene rings is 2. The second kappa shape index (κ2) is 6.55. The van der Waals surface area contributed by atoms with Crippen LogP contribution >= 0.6 is 11.6 Å². The van der Waals surface area contributed by atoms with E-state index in [1.54, 1.807) is 36.4 Å². The van der Waals surface area contributed by atoms with Crippen LogP contribution in [-0.2, 0) is 0 Å². The zero-order valence-corrected chi connectivity index (χ0v) is 13.0. The first kappa shape index (κ1) is 15.8. The molecule has 0 aliphatic rings. The molecule has 1 N–H and O–H groups in total. The van der Waals surface area contributed by atoms with E-state index in [4.69, 9.17) is 16.0 Å². The number of nitrogens with one attached hydrogen (secondary N) is 1. The average molecular weight is 343 g/mol. The third kappa shape index (κ3) is 3.44. The summed E-state index contributed by atoms with van der Waals surface area (Å²) < 4.78 is 5.53. The van der Waals surface area contributed by atoms with E-state index in [1.165, 1.54) is 24.3 Å². The Labute approximate surface area is 141 Å². The number of carbonyl (C=O) groups is 1. The fourth-order valence-corrected chi connectivity index (χ4v) is 2.25. The highest BCUT2D eigenvalue weighted by Crippen LogP contribution is 2.24. The number of nitrogens with zero attached hydrogens (tertiary/aromatic N) is 1. The van der Waals surface area contributed by atoms with E-state index in [1.807, 2.05) is 0 Å². The third-order valence-electron chi connectivity index (χ3n) is 3.27. The maximum absolute atomic E-state index is 12.2. The molecule has 0 aliphatic heterocycles. The Morgan fingerprint density at radius 2 is 1.83 bits per heavy atom. The molecule has 7 heteroatoms. The molecule has 0 fully saturated rings. The molecule has 120 valence electrons. The molecule has 6 nitrogen and oxygen atoms in total. The minimum Gasteiger partial charge on any atom is -0.451 e. The summed E-state index contributed by atoms with van der Waals surface area (Å²) in [5.41, 5.74) is 1.00. The van der Waals surface area contributed by atoms with Gasteiger partial charge in [-0.2, -0.15) is 0 Å². The van der Waals surface area contributed by atoms with Crippen molar-refractivity contribution in [3.63, 3.8) is 0 Å². The Morgan fingerprint density at radius 1 is 1.08 bits per heavy atom. The van der Waals surface area contributed by atoms with Crippen molar-refractivity contribution in [1.29, 1.82) is 0 Å². The second-order valence-electron chi connectivity index (χ2n) is 4.93. The fraction of sp³-hybridized carbons (Fsp3) is 0. The van der Waals surface area contributed by atoms with Crippen molar-refractivity contribution in [3.05, 3.63) is 81.6 Å². The molecule has 1 heterocycles. The van der Waals surface area contributed by atoms with Crippen LogP contribution < -0.4 is 5.32 Å². The predicted molar refractivity (Wildman–Crippen MR) is 90.2 cm³/mol. The molecule has 1 aromatic heterocycles. The standard InChI is InChI=1S/C17H11ClN2O4/c18-12-6-4-11(5-7-12)15-8-9-16(24-15)17(21)19-13-2-1-3-14(10-13)20(22)23/h1-10H,(H,19,21). The van der Waals surface area contributed by atoms with Gasteiger partial charge >= 0.3 is 0 Å². The van der Waals surface area contributed by atoms with Crippen LogP contribution in [0.1, 0.15) is 10.6 Å².